The zero-order valence-corrected chi connectivity index (χ0v) is 11.8. The van der Waals surface area contributed by atoms with Crippen LogP contribution in [0.3, 0.4) is 0 Å². The van der Waals surface area contributed by atoms with E-state index in [0.29, 0.717) is 12.5 Å². The van der Waals surface area contributed by atoms with Gasteiger partial charge in [0.05, 0.1) is 0 Å². The number of hydrogen-bond acceptors (Lipinski definition) is 4. The average molecular weight is 307 g/mol. The predicted octanol–water partition coefficient (Wildman–Crippen LogP) is 2.30. The van der Waals surface area contributed by atoms with Crippen LogP contribution in [-0.4, -0.2) is 30.1 Å². The lowest BCUT2D eigenvalue weighted by Gasteiger charge is -2.15. The molecule has 18 heavy (non-hydrogen) atoms. The molecule has 94 valence electrons. The van der Waals surface area contributed by atoms with Gasteiger partial charge in [-0.3, -0.25) is 0 Å². The van der Waals surface area contributed by atoms with Gasteiger partial charge in [0.2, 0.25) is 5.95 Å². The molecular weight excluding hydrogens is 292 g/mol. The van der Waals surface area contributed by atoms with E-state index in [-0.39, 0.29) is 0 Å². The third-order valence-corrected chi connectivity index (χ3v) is 3.32. The van der Waals surface area contributed by atoms with Gasteiger partial charge in [-0.1, -0.05) is 34.1 Å². The molecule has 0 aliphatic carbocycles. The summed E-state index contributed by atoms with van der Waals surface area (Å²) < 4.78 is 1.04. The first-order chi connectivity index (χ1) is 8.72. The topological polar surface area (TPSA) is 55.0 Å². The van der Waals surface area contributed by atoms with Crippen LogP contribution < -0.4 is 10.6 Å². The first kappa shape index (κ1) is 13.0. The van der Waals surface area contributed by atoms with Crippen LogP contribution in [0.2, 0.25) is 0 Å². The number of likely N-dealkylation sites (N-methyl/N-ethyl adjacent to an activating group) is 1. The smallest absolute Gasteiger partial charge is 0.225 e. The normalized spacial score (nSPS) is 10.4. The van der Waals surface area contributed by atoms with Crippen LogP contribution in [0.25, 0.3) is 11.1 Å². The predicted molar refractivity (Wildman–Crippen MR) is 77.5 cm³/mol. The molecule has 0 aliphatic heterocycles. The molecule has 1 heterocycles. The molecule has 2 N–H and O–H groups in total. The molecule has 0 fully saturated rings. The summed E-state index contributed by atoms with van der Waals surface area (Å²) in [6.45, 7) is 1.33. The van der Waals surface area contributed by atoms with Crippen LogP contribution in [-0.2, 0) is 0 Å². The molecule has 2 aromatic rings. The summed E-state index contributed by atoms with van der Waals surface area (Å²) in [7, 11) is 1.93. The monoisotopic (exact) mass is 306 g/mol. The number of anilines is 1. The van der Waals surface area contributed by atoms with Gasteiger partial charge in [0, 0.05) is 42.6 Å². The molecule has 0 amide bonds. The van der Waals surface area contributed by atoms with Crippen molar-refractivity contribution in [2.45, 2.75) is 0 Å². The van der Waals surface area contributed by atoms with Crippen molar-refractivity contribution in [3.63, 3.8) is 0 Å². The van der Waals surface area contributed by atoms with Crippen molar-refractivity contribution in [3.8, 4) is 11.1 Å². The van der Waals surface area contributed by atoms with Gasteiger partial charge in [0.25, 0.3) is 0 Å². The quantitative estimate of drug-likeness (QED) is 0.942. The van der Waals surface area contributed by atoms with Gasteiger partial charge in [-0.05, 0) is 11.6 Å². The minimum Gasteiger partial charge on any atom is -0.343 e. The van der Waals surface area contributed by atoms with Crippen molar-refractivity contribution in [1.29, 1.82) is 0 Å². The first-order valence-electron chi connectivity index (χ1n) is 5.70. The second-order valence-corrected chi connectivity index (χ2v) is 4.82. The summed E-state index contributed by atoms with van der Waals surface area (Å²) in [6, 6.07) is 8.02. The van der Waals surface area contributed by atoms with E-state index in [2.05, 4.69) is 25.9 Å². The highest BCUT2D eigenvalue weighted by atomic mass is 79.9. The molecule has 0 aliphatic rings. The van der Waals surface area contributed by atoms with Crippen LogP contribution in [0.5, 0.6) is 0 Å². The SMILES string of the molecule is CN(CCN)c1ncc(-c2ccccc2Br)cn1. The molecule has 0 unspecified atom stereocenters. The summed E-state index contributed by atoms with van der Waals surface area (Å²) in [6.07, 6.45) is 3.66. The van der Waals surface area contributed by atoms with E-state index in [1.807, 2.05) is 48.6 Å². The summed E-state index contributed by atoms with van der Waals surface area (Å²) in [5.41, 5.74) is 7.59. The Bertz CT molecular complexity index is 513. The van der Waals surface area contributed by atoms with Crippen LogP contribution in [0.4, 0.5) is 5.95 Å². The molecule has 1 aromatic carbocycles. The van der Waals surface area contributed by atoms with Crippen molar-refractivity contribution >= 4 is 21.9 Å². The van der Waals surface area contributed by atoms with E-state index in [9.17, 15) is 0 Å². The number of aromatic nitrogens is 2. The highest BCUT2D eigenvalue weighted by molar-refractivity contribution is 9.10. The fourth-order valence-corrected chi connectivity index (χ4v) is 2.16. The maximum atomic E-state index is 5.50. The Morgan fingerprint density at radius 2 is 1.89 bits per heavy atom. The van der Waals surface area contributed by atoms with Crippen molar-refractivity contribution in [2.24, 2.45) is 5.73 Å². The van der Waals surface area contributed by atoms with Gasteiger partial charge in [0.15, 0.2) is 0 Å². The molecule has 0 atom stereocenters. The average Bonchev–Trinajstić information content (AvgIpc) is 2.40. The molecule has 2 rings (SSSR count). The van der Waals surface area contributed by atoms with Gasteiger partial charge < -0.3 is 10.6 Å². The molecule has 4 nitrogen and oxygen atoms in total. The molecule has 0 spiro atoms. The van der Waals surface area contributed by atoms with Gasteiger partial charge in [-0.15, -0.1) is 0 Å². The number of nitrogens with zero attached hydrogens (tertiary/aromatic N) is 3. The standard InChI is InChI=1S/C13H15BrN4/c1-18(7-6-15)13-16-8-10(9-17-13)11-4-2-3-5-12(11)14/h2-5,8-9H,6-7,15H2,1H3. The summed E-state index contributed by atoms with van der Waals surface area (Å²) in [5.74, 6) is 0.691. The molecule has 1 aromatic heterocycles. The minimum atomic E-state index is 0.589. The Balaban J connectivity index is 2.25. The molecule has 0 bridgehead atoms. The van der Waals surface area contributed by atoms with E-state index < -0.39 is 0 Å². The Morgan fingerprint density at radius 1 is 1.22 bits per heavy atom. The van der Waals surface area contributed by atoms with Gasteiger partial charge in [-0.2, -0.15) is 0 Å². The summed E-state index contributed by atoms with van der Waals surface area (Å²) in [4.78, 5) is 10.6. The van der Waals surface area contributed by atoms with Crippen LogP contribution >= 0.6 is 15.9 Å². The lowest BCUT2D eigenvalue weighted by molar-refractivity contribution is 0.846. The van der Waals surface area contributed by atoms with Gasteiger partial charge in [0.1, 0.15) is 0 Å². The molecule has 5 heteroatoms. The summed E-state index contributed by atoms with van der Waals surface area (Å²) >= 11 is 3.52. The molecule has 0 saturated carbocycles. The largest absolute Gasteiger partial charge is 0.343 e. The van der Waals surface area contributed by atoms with Gasteiger partial charge in [-0.25, -0.2) is 9.97 Å². The fourth-order valence-electron chi connectivity index (χ4n) is 1.65. The number of nitrogens with two attached hydrogens (primary N) is 1. The molecule has 0 radical (unpaired) electrons. The van der Waals surface area contributed by atoms with Crippen LogP contribution in [0.15, 0.2) is 41.1 Å². The van der Waals surface area contributed by atoms with Crippen molar-refractivity contribution in [3.05, 3.63) is 41.1 Å². The second-order valence-electron chi connectivity index (χ2n) is 3.96. The maximum Gasteiger partial charge on any atom is 0.225 e. The lowest BCUT2D eigenvalue weighted by Crippen LogP contribution is -2.26. The van der Waals surface area contributed by atoms with Crippen molar-refractivity contribution < 1.29 is 0 Å². The third kappa shape index (κ3) is 2.86. The number of hydrogen-bond donors (Lipinski definition) is 1. The van der Waals surface area contributed by atoms with Gasteiger partial charge >= 0.3 is 0 Å². The van der Waals surface area contributed by atoms with Crippen molar-refractivity contribution in [1.82, 2.24) is 9.97 Å². The zero-order chi connectivity index (χ0) is 13.0. The fraction of sp³-hybridized carbons (Fsp3) is 0.231. The second kappa shape index (κ2) is 5.93. The summed E-state index contributed by atoms with van der Waals surface area (Å²) in [5, 5.41) is 0. The van der Waals surface area contributed by atoms with Crippen LogP contribution in [0, 0.1) is 0 Å². The lowest BCUT2D eigenvalue weighted by atomic mass is 10.1. The highest BCUT2D eigenvalue weighted by Crippen LogP contribution is 2.27. The van der Waals surface area contributed by atoms with E-state index in [0.717, 1.165) is 22.1 Å². The van der Waals surface area contributed by atoms with E-state index in [1.54, 1.807) is 0 Å². The molecule has 0 saturated heterocycles. The molecular formula is C13H15BrN4. The number of benzene rings is 1. The minimum absolute atomic E-state index is 0.589. The number of rotatable bonds is 4. The Hall–Kier alpha value is -1.46. The van der Waals surface area contributed by atoms with E-state index in [4.69, 9.17) is 5.73 Å². The highest BCUT2D eigenvalue weighted by Gasteiger charge is 2.06. The van der Waals surface area contributed by atoms with Crippen LogP contribution in [0.1, 0.15) is 0 Å². The Labute approximate surface area is 115 Å². The Kier molecular flexibility index (Phi) is 4.28. The maximum absolute atomic E-state index is 5.50. The van der Waals surface area contributed by atoms with E-state index in [1.165, 1.54) is 0 Å². The van der Waals surface area contributed by atoms with E-state index >= 15 is 0 Å². The Morgan fingerprint density at radius 3 is 2.50 bits per heavy atom. The van der Waals surface area contributed by atoms with Crippen molar-refractivity contribution in [2.75, 3.05) is 25.0 Å². The zero-order valence-electron chi connectivity index (χ0n) is 10.2. The third-order valence-electron chi connectivity index (χ3n) is 2.63. The number of halogens is 1. The first-order valence-corrected chi connectivity index (χ1v) is 6.50.